The van der Waals surface area contributed by atoms with E-state index in [4.69, 9.17) is 0 Å². The van der Waals surface area contributed by atoms with Crippen molar-refractivity contribution in [2.45, 2.75) is 20.4 Å². The second-order valence-corrected chi connectivity index (χ2v) is 5.25. The number of benzene rings is 1. The maximum Gasteiger partial charge on any atom is 0.225 e. The summed E-state index contributed by atoms with van der Waals surface area (Å²) in [7, 11) is 2.01. The zero-order chi connectivity index (χ0) is 13.1. The molecule has 0 bridgehead atoms. The van der Waals surface area contributed by atoms with E-state index in [1.165, 1.54) is 5.56 Å². The van der Waals surface area contributed by atoms with Gasteiger partial charge in [0.2, 0.25) is 5.95 Å². The van der Waals surface area contributed by atoms with Crippen LogP contribution in [0.3, 0.4) is 0 Å². The van der Waals surface area contributed by atoms with E-state index in [0.717, 1.165) is 28.4 Å². The van der Waals surface area contributed by atoms with E-state index in [1.807, 2.05) is 45.2 Å². The standard InChI is InChI=1S/C14H16BrN3/c1-10-8-11(2)17-14(16-10)18(3)9-12-6-4-5-7-13(12)15/h4-8H,9H2,1-3H3. The Morgan fingerprint density at radius 1 is 1.11 bits per heavy atom. The van der Waals surface area contributed by atoms with Gasteiger partial charge in [-0.25, -0.2) is 9.97 Å². The van der Waals surface area contributed by atoms with Crippen LogP contribution in [-0.2, 0) is 6.54 Å². The van der Waals surface area contributed by atoms with Crippen LogP contribution in [0, 0.1) is 13.8 Å². The Kier molecular flexibility index (Phi) is 3.97. The second kappa shape index (κ2) is 5.48. The molecule has 0 aliphatic heterocycles. The van der Waals surface area contributed by atoms with Gasteiger partial charge in [-0.1, -0.05) is 34.1 Å². The number of halogens is 1. The maximum absolute atomic E-state index is 4.46. The van der Waals surface area contributed by atoms with Gasteiger partial charge in [0, 0.05) is 29.5 Å². The quantitative estimate of drug-likeness (QED) is 0.869. The first-order valence-corrected chi connectivity index (χ1v) is 6.62. The topological polar surface area (TPSA) is 29.0 Å². The lowest BCUT2D eigenvalue weighted by Gasteiger charge is -2.18. The minimum absolute atomic E-state index is 0.767. The van der Waals surface area contributed by atoms with Crippen LogP contribution < -0.4 is 4.90 Å². The van der Waals surface area contributed by atoms with Gasteiger partial charge in [-0.2, -0.15) is 0 Å². The number of aryl methyl sites for hydroxylation is 2. The number of hydrogen-bond donors (Lipinski definition) is 0. The van der Waals surface area contributed by atoms with Crippen molar-refractivity contribution in [2.24, 2.45) is 0 Å². The Labute approximate surface area is 116 Å². The molecule has 0 unspecified atom stereocenters. The molecule has 1 aromatic carbocycles. The monoisotopic (exact) mass is 305 g/mol. The number of hydrogen-bond acceptors (Lipinski definition) is 3. The summed E-state index contributed by atoms with van der Waals surface area (Å²) in [4.78, 5) is 11.0. The third kappa shape index (κ3) is 3.07. The summed E-state index contributed by atoms with van der Waals surface area (Å²) in [5.74, 6) is 0.767. The van der Waals surface area contributed by atoms with Gasteiger partial charge in [0.15, 0.2) is 0 Å². The smallest absolute Gasteiger partial charge is 0.225 e. The average molecular weight is 306 g/mol. The van der Waals surface area contributed by atoms with Crippen molar-refractivity contribution in [2.75, 3.05) is 11.9 Å². The molecule has 0 saturated carbocycles. The third-order valence-electron chi connectivity index (χ3n) is 2.68. The van der Waals surface area contributed by atoms with Crippen LogP contribution in [-0.4, -0.2) is 17.0 Å². The molecule has 0 spiro atoms. The lowest BCUT2D eigenvalue weighted by atomic mass is 10.2. The van der Waals surface area contributed by atoms with Gasteiger partial charge in [0.1, 0.15) is 0 Å². The summed E-state index contributed by atoms with van der Waals surface area (Å²) in [5.41, 5.74) is 3.22. The molecule has 0 aliphatic carbocycles. The van der Waals surface area contributed by atoms with Gasteiger partial charge in [-0.3, -0.25) is 0 Å². The van der Waals surface area contributed by atoms with E-state index in [0.29, 0.717) is 0 Å². The number of nitrogens with zero attached hydrogens (tertiary/aromatic N) is 3. The van der Waals surface area contributed by atoms with Crippen LogP contribution in [0.1, 0.15) is 17.0 Å². The van der Waals surface area contributed by atoms with Gasteiger partial charge in [-0.05, 0) is 31.5 Å². The fraction of sp³-hybridized carbons (Fsp3) is 0.286. The molecule has 0 fully saturated rings. The van der Waals surface area contributed by atoms with Crippen molar-refractivity contribution in [1.29, 1.82) is 0 Å². The lowest BCUT2D eigenvalue weighted by molar-refractivity contribution is 0.849. The summed E-state index contributed by atoms with van der Waals surface area (Å²) < 4.78 is 1.11. The van der Waals surface area contributed by atoms with Crippen LogP contribution in [0.5, 0.6) is 0 Å². The maximum atomic E-state index is 4.46. The Bertz CT molecular complexity index is 534. The van der Waals surface area contributed by atoms with Crippen molar-refractivity contribution in [3.63, 3.8) is 0 Å². The minimum Gasteiger partial charge on any atom is -0.340 e. The fourth-order valence-corrected chi connectivity index (χ4v) is 2.24. The first-order valence-electron chi connectivity index (χ1n) is 5.83. The highest BCUT2D eigenvalue weighted by atomic mass is 79.9. The van der Waals surface area contributed by atoms with Gasteiger partial charge in [-0.15, -0.1) is 0 Å². The SMILES string of the molecule is Cc1cc(C)nc(N(C)Cc2ccccc2Br)n1. The molecule has 94 valence electrons. The molecule has 18 heavy (non-hydrogen) atoms. The fourth-order valence-electron chi connectivity index (χ4n) is 1.83. The molecular formula is C14H16BrN3. The summed E-state index contributed by atoms with van der Waals surface area (Å²) in [6.07, 6.45) is 0. The lowest BCUT2D eigenvalue weighted by Crippen LogP contribution is -2.20. The van der Waals surface area contributed by atoms with E-state index < -0.39 is 0 Å². The number of anilines is 1. The molecule has 0 radical (unpaired) electrons. The summed E-state index contributed by atoms with van der Waals surface area (Å²) in [6.45, 7) is 4.76. The van der Waals surface area contributed by atoms with E-state index in [-0.39, 0.29) is 0 Å². The summed E-state index contributed by atoms with van der Waals surface area (Å²) >= 11 is 3.56. The largest absolute Gasteiger partial charge is 0.340 e. The predicted octanol–water partition coefficient (Wildman–Crippen LogP) is 3.49. The molecule has 0 aliphatic rings. The van der Waals surface area contributed by atoms with Crippen LogP contribution in [0.2, 0.25) is 0 Å². The Morgan fingerprint density at radius 2 is 1.72 bits per heavy atom. The summed E-state index contributed by atoms with van der Waals surface area (Å²) in [5, 5.41) is 0. The van der Waals surface area contributed by atoms with Crippen molar-refractivity contribution in [3.05, 3.63) is 51.8 Å². The Hall–Kier alpha value is -1.42. The molecular weight excluding hydrogens is 290 g/mol. The molecule has 4 heteroatoms. The molecule has 0 saturated heterocycles. The number of rotatable bonds is 3. The van der Waals surface area contributed by atoms with Gasteiger partial charge >= 0.3 is 0 Å². The van der Waals surface area contributed by atoms with Crippen LogP contribution in [0.4, 0.5) is 5.95 Å². The van der Waals surface area contributed by atoms with E-state index in [9.17, 15) is 0 Å². The Morgan fingerprint density at radius 3 is 2.33 bits per heavy atom. The molecule has 1 aromatic heterocycles. The highest BCUT2D eigenvalue weighted by Crippen LogP contribution is 2.19. The van der Waals surface area contributed by atoms with Crippen LogP contribution in [0.25, 0.3) is 0 Å². The molecule has 2 rings (SSSR count). The molecule has 2 aromatic rings. The van der Waals surface area contributed by atoms with Crippen LogP contribution in [0.15, 0.2) is 34.8 Å². The van der Waals surface area contributed by atoms with E-state index in [1.54, 1.807) is 0 Å². The first-order chi connectivity index (χ1) is 8.56. The predicted molar refractivity (Wildman–Crippen MR) is 77.8 cm³/mol. The highest BCUT2D eigenvalue weighted by molar-refractivity contribution is 9.10. The van der Waals surface area contributed by atoms with Crippen molar-refractivity contribution >= 4 is 21.9 Å². The average Bonchev–Trinajstić information content (AvgIpc) is 2.31. The zero-order valence-corrected chi connectivity index (χ0v) is 12.4. The van der Waals surface area contributed by atoms with Crippen LogP contribution >= 0.6 is 15.9 Å². The molecule has 0 N–H and O–H groups in total. The third-order valence-corrected chi connectivity index (χ3v) is 3.45. The highest BCUT2D eigenvalue weighted by Gasteiger charge is 2.08. The van der Waals surface area contributed by atoms with Gasteiger partial charge < -0.3 is 4.90 Å². The molecule has 0 amide bonds. The summed E-state index contributed by atoms with van der Waals surface area (Å²) in [6, 6.07) is 10.2. The van der Waals surface area contributed by atoms with Gasteiger partial charge in [0.05, 0.1) is 0 Å². The minimum atomic E-state index is 0.767. The normalized spacial score (nSPS) is 10.4. The molecule has 0 atom stereocenters. The first kappa shape index (κ1) is 13.0. The number of aromatic nitrogens is 2. The van der Waals surface area contributed by atoms with Crippen molar-refractivity contribution in [1.82, 2.24) is 9.97 Å². The zero-order valence-electron chi connectivity index (χ0n) is 10.8. The van der Waals surface area contributed by atoms with Gasteiger partial charge in [0.25, 0.3) is 0 Å². The molecule has 1 heterocycles. The van der Waals surface area contributed by atoms with E-state index in [2.05, 4.69) is 36.9 Å². The molecule has 3 nitrogen and oxygen atoms in total. The van der Waals surface area contributed by atoms with Crippen molar-refractivity contribution < 1.29 is 0 Å². The second-order valence-electron chi connectivity index (χ2n) is 4.40. The van der Waals surface area contributed by atoms with Crippen molar-refractivity contribution in [3.8, 4) is 0 Å². The van der Waals surface area contributed by atoms with E-state index >= 15 is 0 Å². The Balaban J connectivity index is 2.22.